The maximum atomic E-state index is 6.02. The molecule has 0 radical (unpaired) electrons. The lowest BCUT2D eigenvalue weighted by Gasteiger charge is -2.15. The number of hydrogen-bond donors (Lipinski definition) is 2. The number of rotatable bonds is 3. The first-order valence-electron chi connectivity index (χ1n) is 6.40. The molecule has 1 unspecified atom stereocenters. The fourth-order valence-corrected chi connectivity index (χ4v) is 3.10. The summed E-state index contributed by atoms with van der Waals surface area (Å²) in [5.74, 6) is 6.59. The fourth-order valence-electron chi connectivity index (χ4n) is 2.41. The highest BCUT2D eigenvalue weighted by Crippen LogP contribution is 2.31. The zero-order chi connectivity index (χ0) is 14.1. The van der Waals surface area contributed by atoms with Crippen molar-refractivity contribution >= 4 is 33.6 Å². The zero-order valence-corrected chi connectivity index (χ0v) is 13.2. The summed E-state index contributed by atoms with van der Waals surface area (Å²) in [5, 5.41) is 1.10. The summed E-state index contributed by atoms with van der Waals surface area (Å²) < 4.78 is 7.17. The molecular formula is C16H15IN2O. The van der Waals surface area contributed by atoms with Gasteiger partial charge in [0.15, 0.2) is 0 Å². The predicted molar refractivity (Wildman–Crippen MR) is 89.3 cm³/mol. The monoisotopic (exact) mass is 378 g/mol. The van der Waals surface area contributed by atoms with Crippen LogP contribution in [0, 0.1) is 10.5 Å². The quantitative estimate of drug-likeness (QED) is 0.413. The van der Waals surface area contributed by atoms with Crippen molar-refractivity contribution in [3.8, 4) is 0 Å². The molecule has 102 valence electrons. The van der Waals surface area contributed by atoms with E-state index in [0.29, 0.717) is 0 Å². The van der Waals surface area contributed by atoms with Gasteiger partial charge in [0.1, 0.15) is 17.4 Å². The molecule has 1 atom stereocenters. The van der Waals surface area contributed by atoms with Gasteiger partial charge < -0.3 is 4.42 Å². The number of halogens is 1. The van der Waals surface area contributed by atoms with Gasteiger partial charge in [-0.2, -0.15) is 0 Å². The average Bonchev–Trinajstić information content (AvgIpc) is 2.87. The number of aryl methyl sites for hydroxylation is 1. The Morgan fingerprint density at radius 3 is 2.65 bits per heavy atom. The number of nitrogens with one attached hydrogen (secondary N) is 1. The Morgan fingerprint density at radius 2 is 1.95 bits per heavy atom. The molecule has 4 heteroatoms. The summed E-state index contributed by atoms with van der Waals surface area (Å²) in [4.78, 5) is 0. The summed E-state index contributed by atoms with van der Waals surface area (Å²) >= 11 is 2.31. The van der Waals surface area contributed by atoms with E-state index in [-0.39, 0.29) is 6.04 Å². The maximum absolute atomic E-state index is 6.02. The minimum absolute atomic E-state index is 0.144. The van der Waals surface area contributed by atoms with E-state index in [2.05, 4.69) is 52.3 Å². The first-order chi connectivity index (χ1) is 9.70. The van der Waals surface area contributed by atoms with Crippen molar-refractivity contribution in [2.24, 2.45) is 5.84 Å². The van der Waals surface area contributed by atoms with E-state index in [1.54, 1.807) is 0 Å². The Balaban J connectivity index is 2.12. The SMILES string of the molecule is Cc1cccc2cc(C(NN)c3ccccc3I)oc12. The lowest BCUT2D eigenvalue weighted by atomic mass is 10.0. The number of hydrogen-bond acceptors (Lipinski definition) is 3. The van der Waals surface area contributed by atoms with Gasteiger partial charge in [-0.15, -0.1) is 0 Å². The maximum Gasteiger partial charge on any atom is 0.137 e. The van der Waals surface area contributed by atoms with Crippen LogP contribution in [0.25, 0.3) is 11.0 Å². The lowest BCUT2D eigenvalue weighted by molar-refractivity contribution is 0.475. The van der Waals surface area contributed by atoms with Gasteiger partial charge in [-0.3, -0.25) is 5.84 Å². The van der Waals surface area contributed by atoms with Crippen molar-refractivity contribution in [1.82, 2.24) is 5.43 Å². The van der Waals surface area contributed by atoms with Crippen LogP contribution in [0.2, 0.25) is 0 Å². The molecule has 20 heavy (non-hydrogen) atoms. The highest BCUT2D eigenvalue weighted by atomic mass is 127. The van der Waals surface area contributed by atoms with Gasteiger partial charge in [0, 0.05) is 8.96 Å². The molecule has 0 saturated carbocycles. The number of furan rings is 1. The van der Waals surface area contributed by atoms with Crippen molar-refractivity contribution < 1.29 is 4.42 Å². The Morgan fingerprint density at radius 1 is 1.15 bits per heavy atom. The molecule has 1 aromatic heterocycles. The largest absolute Gasteiger partial charge is 0.459 e. The number of fused-ring (bicyclic) bond motifs is 1. The van der Waals surface area contributed by atoms with Crippen LogP contribution in [0.1, 0.15) is 22.9 Å². The van der Waals surface area contributed by atoms with E-state index in [9.17, 15) is 0 Å². The van der Waals surface area contributed by atoms with Crippen LogP contribution in [0.15, 0.2) is 52.9 Å². The Bertz CT molecular complexity index is 751. The highest BCUT2D eigenvalue weighted by Gasteiger charge is 2.19. The van der Waals surface area contributed by atoms with E-state index >= 15 is 0 Å². The van der Waals surface area contributed by atoms with Crippen LogP contribution >= 0.6 is 22.6 Å². The molecule has 3 aromatic rings. The second-order valence-electron chi connectivity index (χ2n) is 4.76. The summed E-state index contributed by atoms with van der Waals surface area (Å²) in [6.07, 6.45) is 0. The second-order valence-corrected chi connectivity index (χ2v) is 5.93. The molecule has 0 bridgehead atoms. The molecule has 3 rings (SSSR count). The third kappa shape index (κ3) is 2.34. The minimum atomic E-state index is -0.144. The molecular weight excluding hydrogens is 363 g/mol. The van der Waals surface area contributed by atoms with Crippen molar-refractivity contribution in [1.29, 1.82) is 0 Å². The summed E-state index contributed by atoms with van der Waals surface area (Å²) in [5.41, 5.74) is 6.03. The molecule has 0 aliphatic heterocycles. The van der Waals surface area contributed by atoms with Gasteiger partial charge in [-0.1, -0.05) is 36.4 Å². The molecule has 0 aliphatic carbocycles. The molecule has 1 heterocycles. The van der Waals surface area contributed by atoms with Crippen LogP contribution in [-0.2, 0) is 0 Å². The van der Waals surface area contributed by atoms with Crippen LogP contribution in [0.4, 0.5) is 0 Å². The standard InChI is InChI=1S/C16H15IN2O/c1-10-5-4-6-11-9-14(20-16(10)11)15(19-18)12-7-2-3-8-13(12)17/h2-9,15,19H,18H2,1H3. The molecule has 3 nitrogen and oxygen atoms in total. The van der Waals surface area contributed by atoms with Crippen LogP contribution in [0.5, 0.6) is 0 Å². The third-order valence-electron chi connectivity index (χ3n) is 3.43. The number of para-hydroxylation sites is 1. The van der Waals surface area contributed by atoms with E-state index < -0.39 is 0 Å². The van der Waals surface area contributed by atoms with Gasteiger partial charge in [-0.05, 0) is 52.8 Å². The summed E-state index contributed by atoms with van der Waals surface area (Å²) in [6.45, 7) is 2.05. The Kier molecular flexibility index (Phi) is 3.78. The Labute approximate surface area is 131 Å². The van der Waals surface area contributed by atoms with Crippen molar-refractivity contribution in [2.45, 2.75) is 13.0 Å². The van der Waals surface area contributed by atoms with E-state index in [1.807, 2.05) is 31.2 Å². The number of nitrogens with two attached hydrogens (primary N) is 1. The molecule has 0 fully saturated rings. The molecule has 0 saturated heterocycles. The van der Waals surface area contributed by atoms with E-state index in [1.165, 1.54) is 0 Å². The van der Waals surface area contributed by atoms with Crippen LogP contribution < -0.4 is 11.3 Å². The van der Waals surface area contributed by atoms with Crippen LogP contribution in [0.3, 0.4) is 0 Å². The molecule has 2 aromatic carbocycles. The number of hydrazine groups is 1. The normalized spacial score (nSPS) is 12.8. The van der Waals surface area contributed by atoms with Crippen LogP contribution in [-0.4, -0.2) is 0 Å². The molecule has 3 N–H and O–H groups in total. The van der Waals surface area contributed by atoms with Gasteiger partial charge in [-0.25, -0.2) is 5.43 Å². The highest BCUT2D eigenvalue weighted by molar-refractivity contribution is 14.1. The van der Waals surface area contributed by atoms with E-state index in [4.69, 9.17) is 10.3 Å². The van der Waals surface area contributed by atoms with Crippen molar-refractivity contribution in [2.75, 3.05) is 0 Å². The molecule has 0 aliphatic rings. The average molecular weight is 378 g/mol. The summed E-state index contributed by atoms with van der Waals surface area (Å²) in [7, 11) is 0. The molecule has 0 spiro atoms. The lowest BCUT2D eigenvalue weighted by Crippen LogP contribution is -2.29. The zero-order valence-electron chi connectivity index (χ0n) is 11.1. The summed E-state index contributed by atoms with van der Waals surface area (Å²) in [6, 6.07) is 16.2. The van der Waals surface area contributed by atoms with Gasteiger partial charge in [0.2, 0.25) is 0 Å². The fraction of sp³-hybridized carbons (Fsp3) is 0.125. The number of benzene rings is 2. The minimum Gasteiger partial charge on any atom is -0.459 e. The smallest absolute Gasteiger partial charge is 0.137 e. The van der Waals surface area contributed by atoms with E-state index in [0.717, 1.165) is 31.4 Å². The van der Waals surface area contributed by atoms with Crippen molar-refractivity contribution in [3.63, 3.8) is 0 Å². The van der Waals surface area contributed by atoms with Crippen molar-refractivity contribution in [3.05, 3.63) is 69.0 Å². The topological polar surface area (TPSA) is 51.2 Å². The van der Waals surface area contributed by atoms with Gasteiger partial charge >= 0.3 is 0 Å². The Hall–Kier alpha value is -1.37. The second kappa shape index (κ2) is 5.55. The first-order valence-corrected chi connectivity index (χ1v) is 7.48. The third-order valence-corrected chi connectivity index (χ3v) is 4.41. The van der Waals surface area contributed by atoms with Gasteiger partial charge in [0.25, 0.3) is 0 Å². The van der Waals surface area contributed by atoms with Gasteiger partial charge in [0.05, 0.1) is 0 Å². The first kappa shape index (κ1) is 13.6. The predicted octanol–water partition coefficient (Wildman–Crippen LogP) is 3.90. The molecule has 0 amide bonds.